The van der Waals surface area contributed by atoms with Gasteiger partial charge in [0.2, 0.25) is 0 Å². The third kappa shape index (κ3) is 4.23. The first kappa shape index (κ1) is 11.3. The molecule has 0 atom stereocenters. The molecule has 0 spiro atoms. The van der Waals surface area contributed by atoms with Gasteiger partial charge in [-0.3, -0.25) is 9.59 Å². The van der Waals surface area contributed by atoms with Crippen molar-refractivity contribution < 1.29 is 14.3 Å². The summed E-state index contributed by atoms with van der Waals surface area (Å²) in [6.07, 6.45) is 1.05. The number of hydrogen-bond donors (Lipinski definition) is 0. The Morgan fingerprint density at radius 3 is 2.08 bits per heavy atom. The molecule has 0 aliphatic heterocycles. The molecule has 0 N–H and O–H groups in total. The third-order valence-electron chi connectivity index (χ3n) is 1.52. The minimum absolute atomic E-state index is 0.210. The molecule has 0 amide bonds. The largest absolute Gasteiger partial charge is 0.363 e. The zero-order valence-electron chi connectivity index (χ0n) is 7.92. The molecule has 3 nitrogen and oxygen atoms in total. The SMILES string of the molecule is CCCCOC(C(C)=O)C(C)=O. The van der Waals surface area contributed by atoms with Crippen LogP contribution in [0.25, 0.3) is 0 Å². The van der Waals surface area contributed by atoms with Crippen LogP contribution in [0.4, 0.5) is 0 Å². The van der Waals surface area contributed by atoms with Gasteiger partial charge >= 0.3 is 0 Å². The van der Waals surface area contributed by atoms with Gasteiger partial charge in [0.1, 0.15) is 0 Å². The molecule has 0 aliphatic carbocycles. The molecule has 3 heteroatoms. The minimum Gasteiger partial charge on any atom is -0.363 e. The van der Waals surface area contributed by atoms with E-state index >= 15 is 0 Å². The Bertz CT molecular complexity index is 149. The van der Waals surface area contributed by atoms with Crippen molar-refractivity contribution in [1.82, 2.24) is 0 Å². The van der Waals surface area contributed by atoms with Crippen molar-refractivity contribution in [2.75, 3.05) is 6.61 Å². The molecular formula is C9H16O3. The van der Waals surface area contributed by atoms with Crippen LogP contribution in [0.5, 0.6) is 0 Å². The number of unbranched alkanes of at least 4 members (excludes halogenated alkanes) is 1. The first-order valence-corrected chi connectivity index (χ1v) is 4.22. The monoisotopic (exact) mass is 172 g/mol. The number of Topliss-reactive ketones (excluding diaryl/α,β-unsaturated/α-hetero) is 2. The summed E-state index contributed by atoms with van der Waals surface area (Å²) in [5.74, 6) is -0.419. The molecule has 0 saturated heterocycles. The van der Waals surface area contributed by atoms with E-state index < -0.39 is 6.10 Å². The summed E-state index contributed by atoms with van der Waals surface area (Å²) in [5, 5.41) is 0. The third-order valence-corrected chi connectivity index (χ3v) is 1.52. The van der Waals surface area contributed by atoms with Crippen molar-refractivity contribution in [2.45, 2.75) is 39.7 Å². The minimum atomic E-state index is -0.837. The topological polar surface area (TPSA) is 43.4 Å². The molecule has 0 aliphatic rings. The molecule has 0 saturated carbocycles. The first-order valence-electron chi connectivity index (χ1n) is 4.22. The van der Waals surface area contributed by atoms with E-state index in [4.69, 9.17) is 4.74 Å². The van der Waals surface area contributed by atoms with E-state index in [9.17, 15) is 9.59 Å². The van der Waals surface area contributed by atoms with E-state index in [1.807, 2.05) is 6.92 Å². The van der Waals surface area contributed by atoms with Gasteiger partial charge in [0.15, 0.2) is 17.7 Å². The summed E-state index contributed by atoms with van der Waals surface area (Å²) in [5.41, 5.74) is 0. The fourth-order valence-electron chi connectivity index (χ4n) is 0.866. The van der Waals surface area contributed by atoms with Gasteiger partial charge in [-0.2, -0.15) is 0 Å². The van der Waals surface area contributed by atoms with Crippen LogP contribution < -0.4 is 0 Å². The smallest absolute Gasteiger partial charge is 0.173 e. The van der Waals surface area contributed by atoms with Crippen molar-refractivity contribution in [3.8, 4) is 0 Å². The first-order chi connectivity index (χ1) is 5.59. The highest BCUT2D eigenvalue weighted by Crippen LogP contribution is 1.98. The van der Waals surface area contributed by atoms with E-state index in [-0.39, 0.29) is 11.6 Å². The lowest BCUT2D eigenvalue weighted by Crippen LogP contribution is -2.29. The molecule has 0 bridgehead atoms. The fraction of sp³-hybridized carbons (Fsp3) is 0.778. The molecule has 0 aromatic carbocycles. The van der Waals surface area contributed by atoms with Crippen LogP contribution in [0.15, 0.2) is 0 Å². The van der Waals surface area contributed by atoms with Crippen molar-refractivity contribution in [3.63, 3.8) is 0 Å². The maximum Gasteiger partial charge on any atom is 0.173 e. The average Bonchev–Trinajstić information content (AvgIpc) is 1.96. The van der Waals surface area contributed by atoms with Crippen molar-refractivity contribution in [2.24, 2.45) is 0 Å². The lowest BCUT2D eigenvalue weighted by molar-refractivity contribution is -0.140. The Hall–Kier alpha value is -0.700. The Morgan fingerprint density at radius 2 is 1.75 bits per heavy atom. The van der Waals surface area contributed by atoms with Crippen molar-refractivity contribution in [1.29, 1.82) is 0 Å². The van der Waals surface area contributed by atoms with Gasteiger partial charge in [0, 0.05) is 6.61 Å². The summed E-state index contributed by atoms with van der Waals surface area (Å²) in [7, 11) is 0. The molecule has 0 aromatic rings. The second-order valence-corrected chi connectivity index (χ2v) is 2.83. The van der Waals surface area contributed by atoms with Gasteiger partial charge < -0.3 is 4.74 Å². The maximum atomic E-state index is 10.8. The average molecular weight is 172 g/mol. The Labute approximate surface area is 73.1 Å². The van der Waals surface area contributed by atoms with Crippen molar-refractivity contribution >= 4 is 11.6 Å². The number of carbonyl (C=O) groups excluding carboxylic acids is 2. The van der Waals surface area contributed by atoms with Crippen LogP contribution >= 0.6 is 0 Å². The van der Waals surface area contributed by atoms with Crippen molar-refractivity contribution in [3.05, 3.63) is 0 Å². The number of ketones is 2. The normalized spacial score (nSPS) is 10.3. The molecule has 70 valence electrons. The molecule has 0 heterocycles. The molecule has 0 radical (unpaired) electrons. The van der Waals surface area contributed by atoms with Crippen LogP contribution in [0.3, 0.4) is 0 Å². The number of carbonyl (C=O) groups is 2. The highest BCUT2D eigenvalue weighted by Gasteiger charge is 2.18. The Kier molecular flexibility index (Phi) is 5.54. The van der Waals surface area contributed by atoms with Crippen LogP contribution in [-0.4, -0.2) is 24.3 Å². The predicted molar refractivity (Wildman–Crippen MR) is 46.0 cm³/mol. The van der Waals surface area contributed by atoms with Gasteiger partial charge in [-0.15, -0.1) is 0 Å². The standard InChI is InChI=1S/C9H16O3/c1-4-5-6-12-9(7(2)10)8(3)11/h9H,4-6H2,1-3H3. The van der Waals surface area contributed by atoms with E-state index in [1.54, 1.807) is 0 Å². The summed E-state index contributed by atoms with van der Waals surface area (Å²) < 4.78 is 5.11. The van der Waals surface area contributed by atoms with Gasteiger partial charge in [-0.1, -0.05) is 13.3 Å². The highest BCUT2D eigenvalue weighted by molar-refractivity contribution is 6.03. The number of hydrogen-bond acceptors (Lipinski definition) is 3. The van der Waals surface area contributed by atoms with Crippen LogP contribution in [0, 0.1) is 0 Å². The molecule has 0 unspecified atom stereocenters. The fourth-order valence-corrected chi connectivity index (χ4v) is 0.866. The zero-order valence-corrected chi connectivity index (χ0v) is 7.92. The van der Waals surface area contributed by atoms with Gasteiger partial charge in [0.25, 0.3) is 0 Å². The zero-order chi connectivity index (χ0) is 9.56. The van der Waals surface area contributed by atoms with Gasteiger partial charge in [-0.25, -0.2) is 0 Å². The highest BCUT2D eigenvalue weighted by atomic mass is 16.5. The quantitative estimate of drug-likeness (QED) is 0.448. The van der Waals surface area contributed by atoms with E-state index in [0.717, 1.165) is 12.8 Å². The molecular weight excluding hydrogens is 156 g/mol. The van der Waals surface area contributed by atoms with Gasteiger partial charge in [-0.05, 0) is 20.3 Å². The van der Waals surface area contributed by atoms with Crippen LogP contribution in [0.1, 0.15) is 33.6 Å². The van der Waals surface area contributed by atoms with Gasteiger partial charge in [0.05, 0.1) is 0 Å². The summed E-state index contributed by atoms with van der Waals surface area (Å²) in [6, 6.07) is 0. The van der Waals surface area contributed by atoms with E-state index in [0.29, 0.717) is 6.61 Å². The summed E-state index contributed by atoms with van der Waals surface area (Å²) >= 11 is 0. The molecule has 0 rings (SSSR count). The number of rotatable bonds is 6. The molecule has 0 aromatic heterocycles. The second-order valence-electron chi connectivity index (χ2n) is 2.83. The summed E-state index contributed by atoms with van der Waals surface area (Å²) in [6.45, 7) is 5.26. The number of ether oxygens (including phenoxy) is 1. The molecule has 12 heavy (non-hydrogen) atoms. The Morgan fingerprint density at radius 1 is 1.25 bits per heavy atom. The maximum absolute atomic E-state index is 10.8. The predicted octanol–water partition coefficient (Wildman–Crippen LogP) is 1.35. The summed E-state index contributed by atoms with van der Waals surface area (Å²) in [4.78, 5) is 21.7. The van der Waals surface area contributed by atoms with E-state index in [2.05, 4.69) is 0 Å². The lowest BCUT2D eigenvalue weighted by Gasteiger charge is -2.10. The van der Waals surface area contributed by atoms with Crippen LogP contribution in [0.2, 0.25) is 0 Å². The lowest BCUT2D eigenvalue weighted by atomic mass is 10.2. The van der Waals surface area contributed by atoms with E-state index in [1.165, 1.54) is 13.8 Å². The second kappa shape index (κ2) is 5.89. The Balaban J connectivity index is 3.80. The van der Waals surface area contributed by atoms with Crippen LogP contribution in [-0.2, 0) is 14.3 Å². The molecule has 0 fully saturated rings.